The number of hydrogen-bond donors (Lipinski definition) is 2. The smallest absolute Gasteiger partial charge is 0.271 e. The Bertz CT molecular complexity index is 1470. The highest BCUT2D eigenvalue weighted by Crippen LogP contribution is 2.29. The van der Waals surface area contributed by atoms with Crippen LogP contribution in [0, 0.1) is 0 Å². The largest absolute Gasteiger partial charge is 0.497 e. The monoisotopic (exact) mass is 553 g/mol. The summed E-state index contributed by atoms with van der Waals surface area (Å²) in [6.07, 6.45) is 1.49. The Morgan fingerprint density at radius 1 is 0.805 bits per heavy atom. The second-order valence-electron chi connectivity index (χ2n) is 8.71. The molecule has 0 aliphatic rings. The Labute approximate surface area is 238 Å². The first-order chi connectivity index (χ1) is 20.0. The van der Waals surface area contributed by atoms with Gasteiger partial charge in [-0.15, -0.1) is 0 Å². The van der Waals surface area contributed by atoms with Gasteiger partial charge in [0.25, 0.3) is 11.8 Å². The van der Waals surface area contributed by atoms with Gasteiger partial charge in [-0.25, -0.2) is 5.43 Å². The first kappa shape index (κ1) is 28.7. The summed E-state index contributed by atoms with van der Waals surface area (Å²) in [6.45, 7) is 2.50. The highest BCUT2D eigenvalue weighted by Gasteiger charge is 2.12. The zero-order valence-corrected chi connectivity index (χ0v) is 22.8. The third kappa shape index (κ3) is 8.86. The van der Waals surface area contributed by atoms with Crippen molar-refractivity contribution >= 4 is 23.7 Å². The van der Waals surface area contributed by atoms with Crippen molar-refractivity contribution in [3.63, 3.8) is 0 Å². The molecule has 4 rings (SSSR count). The first-order valence-corrected chi connectivity index (χ1v) is 13.0. The number of amides is 2. The Morgan fingerprint density at radius 3 is 2.37 bits per heavy atom. The molecule has 0 heterocycles. The molecule has 0 fully saturated rings. The van der Waals surface area contributed by atoms with Crippen molar-refractivity contribution in [3.8, 4) is 23.0 Å². The van der Waals surface area contributed by atoms with Crippen LogP contribution in [0.5, 0.6) is 23.0 Å². The maximum Gasteiger partial charge on any atom is 0.271 e. The van der Waals surface area contributed by atoms with E-state index >= 15 is 0 Å². The molecule has 0 bridgehead atoms. The van der Waals surface area contributed by atoms with Crippen molar-refractivity contribution in [1.29, 1.82) is 0 Å². The Morgan fingerprint density at radius 2 is 1.61 bits per heavy atom. The molecule has 0 aromatic heterocycles. The number of nitrogens with one attached hydrogen (secondary N) is 2. The van der Waals surface area contributed by atoms with Crippen molar-refractivity contribution in [1.82, 2.24) is 5.43 Å². The molecule has 0 aliphatic heterocycles. The molecular weight excluding hydrogens is 522 g/mol. The number of anilines is 1. The summed E-state index contributed by atoms with van der Waals surface area (Å²) in [5, 5.41) is 6.82. The summed E-state index contributed by atoms with van der Waals surface area (Å²) < 4.78 is 22.3. The van der Waals surface area contributed by atoms with Crippen LogP contribution in [0.1, 0.15) is 28.4 Å². The average molecular weight is 554 g/mol. The molecule has 0 saturated heterocycles. The lowest BCUT2D eigenvalue weighted by Crippen LogP contribution is -2.20. The molecule has 2 amide bonds. The van der Waals surface area contributed by atoms with E-state index in [9.17, 15) is 9.59 Å². The van der Waals surface area contributed by atoms with E-state index in [4.69, 9.17) is 18.9 Å². The summed E-state index contributed by atoms with van der Waals surface area (Å²) >= 11 is 0. The van der Waals surface area contributed by atoms with Crippen molar-refractivity contribution in [3.05, 3.63) is 114 Å². The minimum atomic E-state index is -0.403. The van der Waals surface area contributed by atoms with Crippen molar-refractivity contribution in [2.45, 2.75) is 13.5 Å². The number of ether oxygens (including phenoxy) is 4. The molecule has 4 aromatic rings. The zero-order valence-electron chi connectivity index (χ0n) is 22.8. The lowest BCUT2D eigenvalue weighted by Gasteiger charge is -2.13. The van der Waals surface area contributed by atoms with E-state index in [1.165, 1.54) is 6.21 Å². The molecule has 41 heavy (non-hydrogen) atoms. The molecule has 0 atom stereocenters. The van der Waals surface area contributed by atoms with E-state index in [-0.39, 0.29) is 12.5 Å². The van der Waals surface area contributed by atoms with Gasteiger partial charge in [0.15, 0.2) is 18.1 Å². The molecule has 0 aliphatic carbocycles. The van der Waals surface area contributed by atoms with Gasteiger partial charge >= 0.3 is 0 Å². The maximum atomic E-state index is 12.7. The summed E-state index contributed by atoms with van der Waals surface area (Å²) in [4.78, 5) is 25.0. The highest BCUT2D eigenvalue weighted by atomic mass is 16.5. The summed E-state index contributed by atoms with van der Waals surface area (Å²) in [7, 11) is 1.58. The van der Waals surface area contributed by atoms with E-state index in [0.717, 1.165) is 5.56 Å². The molecule has 2 N–H and O–H groups in total. The van der Waals surface area contributed by atoms with Crippen LogP contribution in [-0.4, -0.2) is 38.4 Å². The van der Waals surface area contributed by atoms with E-state index in [2.05, 4.69) is 15.8 Å². The Hall–Kier alpha value is -5.31. The van der Waals surface area contributed by atoms with E-state index < -0.39 is 5.91 Å². The van der Waals surface area contributed by atoms with Gasteiger partial charge in [-0.2, -0.15) is 5.10 Å². The highest BCUT2D eigenvalue weighted by molar-refractivity contribution is 5.95. The van der Waals surface area contributed by atoms with Gasteiger partial charge in [0.2, 0.25) is 0 Å². The summed E-state index contributed by atoms with van der Waals surface area (Å²) in [5.74, 6) is 1.50. The minimum Gasteiger partial charge on any atom is -0.497 e. The minimum absolute atomic E-state index is 0.170. The SMILES string of the molecule is CCOc1cc(C(=O)N/N=C/c2cccc(OCC(=O)Nc3ccc(OC)cc3)c2)ccc1OCc1ccccc1. The zero-order chi connectivity index (χ0) is 28.9. The fourth-order valence-electron chi connectivity index (χ4n) is 3.71. The molecule has 9 nitrogen and oxygen atoms in total. The van der Waals surface area contributed by atoms with E-state index in [1.807, 2.05) is 37.3 Å². The lowest BCUT2D eigenvalue weighted by atomic mass is 10.2. The molecular formula is C32H31N3O6. The van der Waals surface area contributed by atoms with Gasteiger partial charge in [0.05, 0.1) is 19.9 Å². The molecule has 9 heteroatoms. The second-order valence-corrected chi connectivity index (χ2v) is 8.71. The quantitative estimate of drug-likeness (QED) is 0.168. The third-order valence-corrected chi connectivity index (χ3v) is 5.72. The van der Waals surface area contributed by atoms with Crippen LogP contribution in [-0.2, 0) is 11.4 Å². The number of carbonyl (C=O) groups is 2. The molecule has 4 aromatic carbocycles. The number of hydrazone groups is 1. The molecule has 0 unspecified atom stereocenters. The second kappa shape index (κ2) is 14.7. The van der Waals surface area contributed by atoms with Gasteiger partial charge in [0.1, 0.15) is 18.1 Å². The van der Waals surface area contributed by atoms with Crippen LogP contribution in [0.15, 0.2) is 102 Å². The van der Waals surface area contributed by atoms with Crippen LogP contribution in [0.25, 0.3) is 0 Å². The fraction of sp³-hybridized carbons (Fsp3) is 0.156. The molecule has 210 valence electrons. The van der Waals surface area contributed by atoms with Crippen LogP contribution in [0.3, 0.4) is 0 Å². The molecule has 0 radical (unpaired) electrons. The Kier molecular flexibility index (Phi) is 10.3. The molecule has 0 spiro atoms. The Balaban J connectivity index is 1.29. The average Bonchev–Trinajstić information content (AvgIpc) is 3.00. The van der Waals surface area contributed by atoms with Crippen molar-refractivity contribution in [2.24, 2.45) is 5.10 Å². The number of benzene rings is 4. The lowest BCUT2D eigenvalue weighted by molar-refractivity contribution is -0.118. The molecule has 0 saturated carbocycles. The van der Waals surface area contributed by atoms with Crippen LogP contribution < -0.4 is 29.7 Å². The maximum absolute atomic E-state index is 12.7. The van der Waals surface area contributed by atoms with Crippen molar-refractivity contribution < 1.29 is 28.5 Å². The van der Waals surface area contributed by atoms with Gasteiger partial charge in [-0.05, 0) is 72.6 Å². The van der Waals surface area contributed by atoms with Gasteiger partial charge in [-0.3, -0.25) is 9.59 Å². The number of carbonyl (C=O) groups excluding carboxylic acids is 2. The van der Waals surface area contributed by atoms with Gasteiger partial charge < -0.3 is 24.3 Å². The van der Waals surface area contributed by atoms with Crippen LogP contribution in [0.4, 0.5) is 5.69 Å². The van der Waals surface area contributed by atoms with Crippen molar-refractivity contribution in [2.75, 3.05) is 25.6 Å². The van der Waals surface area contributed by atoms with Gasteiger partial charge in [-0.1, -0.05) is 42.5 Å². The van der Waals surface area contributed by atoms with E-state index in [0.29, 0.717) is 53.0 Å². The first-order valence-electron chi connectivity index (χ1n) is 13.0. The number of nitrogens with zero attached hydrogens (tertiary/aromatic N) is 1. The summed E-state index contributed by atoms with van der Waals surface area (Å²) in [5.41, 5.74) is 5.23. The number of hydrogen-bond acceptors (Lipinski definition) is 7. The third-order valence-electron chi connectivity index (χ3n) is 5.72. The number of methoxy groups -OCH3 is 1. The van der Waals surface area contributed by atoms with Crippen LogP contribution in [0.2, 0.25) is 0 Å². The normalized spacial score (nSPS) is 10.6. The standard InChI is InChI=1S/C32H31N3O6/c1-3-39-30-19-25(12-17-29(30)41-21-23-8-5-4-6-9-23)32(37)35-33-20-24-10-7-11-28(18-24)40-22-31(36)34-26-13-15-27(38-2)16-14-26/h4-20H,3,21-22H2,1-2H3,(H,34,36)(H,35,37)/b33-20+. The predicted molar refractivity (Wildman–Crippen MR) is 157 cm³/mol. The fourth-order valence-corrected chi connectivity index (χ4v) is 3.71. The van der Waals surface area contributed by atoms with Gasteiger partial charge in [0, 0.05) is 11.3 Å². The van der Waals surface area contributed by atoms with E-state index in [1.54, 1.807) is 73.8 Å². The predicted octanol–water partition coefficient (Wildman–Crippen LogP) is 5.45. The van der Waals surface area contributed by atoms with Crippen LogP contribution >= 0.6 is 0 Å². The summed E-state index contributed by atoms with van der Waals surface area (Å²) in [6, 6.07) is 28.8. The number of rotatable bonds is 13. The topological polar surface area (TPSA) is 107 Å².